The zero-order valence-electron chi connectivity index (χ0n) is 19.6. The van der Waals surface area contributed by atoms with E-state index in [0.29, 0.717) is 12.3 Å². The van der Waals surface area contributed by atoms with E-state index in [0.717, 1.165) is 57.1 Å². The van der Waals surface area contributed by atoms with Gasteiger partial charge in [0, 0.05) is 37.6 Å². The molecule has 32 heavy (non-hydrogen) atoms. The van der Waals surface area contributed by atoms with Gasteiger partial charge in [0.1, 0.15) is 5.75 Å². The fourth-order valence-corrected chi connectivity index (χ4v) is 5.07. The quantitative estimate of drug-likeness (QED) is 0.639. The fraction of sp³-hybridized carbons (Fsp3) is 0.556. The number of hydrogen-bond acceptors (Lipinski definition) is 4. The van der Waals surface area contributed by atoms with Gasteiger partial charge in [-0.1, -0.05) is 32.0 Å². The number of amides is 1. The first-order valence-electron chi connectivity index (χ1n) is 12.1. The summed E-state index contributed by atoms with van der Waals surface area (Å²) in [7, 11) is 0. The van der Waals surface area contributed by atoms with Gasteiger partial charge in [0.25, 0.3) is 0 Å². The lowest BCUT2D eigenvalue weighted by molar-refractivity contribution is -0.135. The summed E-state index contributed by atoms with van der Waals surface area (Å²) >= 11 is 0. The van der Waals surface area contributed by atoms with E-state index in [2.05, 4.69) is 52.9 Å². The second-order valence-corrected chi connectivity index (χ2v) is 10.0. The number of ether oxygens (including phenoxy) is 1. The van der Waals surface area contributed by atoms with Crippen LogP contribution >= 0.6 is 0 Å². The lowest BCUT2D eigenvalue weighted by Crippen LogP contribution is -2.51. The van der Waals surface area contributed by atoms with Crippen LogP contribution in [0.1, 0.15) is 50.7 Å². The minimum absolute atomic E-state index is 0.258. The third-order valence-electron chi connectivity index (χ3n) is 6.97. The molecule has 0 N–H and O–H groups in total. The molecule has 4 rings (SSSR count). The molecule has 2 aromatic rings. The Balaban J connectivity index is 1.31. The SMILES string of the molecule is CC(C)COc1ccccc1CN1CCC2(CCCN(C(=O)Cc3ccncc3)C2)CC1. The summed E-state index contributed by atoms with van der Waals surface area (Å²) in [6.45, 7) is 10.0. The molecule has 2 aliphatic rings. The minimum atomic E-state index is 0.258. The molecule has 2 aliphatic heterocycles. The van der Waals surface area contributed by atoms with Crippen LogP contribution in [0.3, 0.4) is 0 Å². The maximum Gasteiger partial charge on any atom is 0.227 e. The third kappa shape index (κ3) is 5.89. The predicted molar refractivity (Wildman–Crippen MR) is 127 cm³/mol. The van der Waals surface area contributed by atoms with Gasteiger partial charge < -0.3 is 9.64 Å². The molecule has 1 amide bonds. The van der Waals surface area contributed by atoms with Crippen molar-refractivity contribution >= 4 is 5.91 Å². The highest BCUT2D eigenvalue weighted by atomic mass is 16.5. The lowest BCUT2D eigenvalue weighted by Gasteiger charge is -2.47. The molecule has 2 fully saturated rings. The molecule has 1 spiro atoms. The number of likely N-dealkylation sites (tertiary alicyclic amines) is 2. The number of carbonyl (C=O) groups excluding carboxylic acids is 1. The van der Waals surface area contributed by atoms with Gasteiger partial charge in [-0.3, -0.25) is 14.7 Å². The van der Waals surface area contributed by atoms with E-state index >= 15 is 0 Å². The number of hydrogen-bond donors (Lipinski definition) is 0. The van der Waals surface area contributed by atoms with E-state index in [1.165, 1.54) is 24.8 Å². The maximum absolute atomic E-state index is 12.9. The molecular weight excluding hydrogens is 398 g/mol. The van der Waals surface area contributed by atoms with Gasteiger partial charge in [0.05, 0.1) is 13.0 Å². The van der Waals surface area contributed by atoms with Crippen molar-refractivity contribution in [3.63, 3.8) is 0 Å². The van der Waals surface area contributed by atoms with Crippen molar-refractivity contribution in [1.82, 2.24) is 14.8 Å². The molecule has 0 atom stereocenters. The number of pyridine rings is 1. The van der Waals surface area contributed by atoms with E-state index in [1.54, 1.807) is 12.4 Å². The Morgan fingerprint density at radius 2 is 1.81 bits per heavy atom. The number of piperidine rings is 2. The standard InChI is InChI=1S/C27H37N3O2/c1-22(2)20-32-25-7-4-3-6-24(25)19-29-16-11-27(12-17-29)10-5-15-30(21-27)26(31)18-23-8-13-28-14-9-23/h3-4,6-9,13-14,22H,5,10-12,15-21H2,1-2H3. The van der Waals surface area contributed by atoms with Crippen LogP contribution in [0, 0.1) is 11.3 Å². The predicted octanol–water partition coefficient (Wildman–Crippen LogP) is 4.56. The first-order chi connectivity index (χ1) is 15.5. The summed E-state index contributed by atoms with van der Waals surface area (Å²) in [5.74, 6) is 1.80. The van der Waals surface area contributed by atoms with Crippen molar-refractivity contribution in [1.29, 1.82) is 0 Å². The Hall–Kier alpha value is -2.40. The maximum atomic E-state index is 12.9. The molecule has 2 saturated heterocycles. The van der Waals surface area contributed by atoms with E-state index in [1.807, 2.05) is 12.1 Å². The number of carbonyl (C=O) groups is 1. The van der Waals surface area contributed by atoms with Crippen molar-refractivity contribution in [3.05, 3.63) is 59.9 Å². The summed E-state index contributed by atoms with van der Waals surface area (Å²) in [5, 5.41) is 0. The highest BCUT2D eigenvalue weighted by Crippen LogP contribution is 2.40. The van der Waals surface area contributed by atoms with Crippen LogP contribution in [0.15, 0.2) is 48.8 Å². The zero-order valence-corrected chi connectivity index (χ0v) is 19.6. The molecule has 1 aromatic heterocycles. The molecule has 5 heteroatoms. The average molecular weight is 436 g/mol. The topological polar surface area (TPSA) is 45.7 Å². The Kier molecular flexibility index (Phi) is 7.46. The Bertz CT molecular complexity index is 875. The van der Waals surface area contributed by atoms with Crippen LogP contribution < -0.4 is 4.74 Å². The Morgan fingerprint density at radius 1 is 1.06 bits per heavy atom. The molecule has 0 bridgehead atoms. The third-order valence-corrected chi connectivity index (χ3v) is 6.97. The summed E-state index contributed by atoms with van der Waals surface area (Å²) in [5.41, 5.74) is 2.62. The molecule has 0 aliphatic carbocycles. The molecular formula is C27H37N3O2. The van der Waals surface area contributed by atoms with E-state index < -0.39 is 0 Å². The van der Waals surface area contributed by atoms with Crippen LogP contribution in [-0.2, 0) is 17.8 Å². The number of aromatic nitrogens is 1. The summed E-state index contributed by atoms with van der Waals surface area (Å²) in [4.78, 5) is 21.7. The number of nitrogens with zero attached hydrogens (tertiary/aromatic N) is 3. The average Bonchev–Trinajstić information content (AvgIpc) is 2.81. The summed E-state index contributed by atoms with van der Waals surface area (Å²) in [6.07, 6.45) is 8.71. The Labute approximate surface area is 192 Å². The van der Waals surface area contributed by atoms with Crippen LogP contribution in [0.25, 0.3) is 0 Å². The number of benzene rings is 1. The van der Waals surface area contributed by atoms with Gasteiger partial charge in [0.15, 0.2) is 0 Å². The normalized spacial score (nSPS) is 18.8. The fourth-order valence-electron chi connectivity index (χ4n) is 5.07. The largest absolute Gasteiger partial charge is 0.493 e. The minimum Gasteiger partial charge on any atom is -0.493 e. The van der Waals surface area contributed by atoms with Gasteiger partial charge in [-0.15, -0.1) is 0 Å². The summed E-state index contributed by atoms with van der Waals surface area (Å²) in [6, 6.07) is 12.3. The van der Waals surface area contributed by atoms with E-state index in [9.17, 15) is 4.79 Å². The second kappa shape index (κ2) is 10.5. The number of para-hydroxylation sites is 1. The lowest BCUT2D eigenvalue weighted by atomic mass is 9.72. The van der Waals surface area contributed by atoms with Crippen LogP contribution in [-0.4, -0.2) is 53.5 Å². The van der Waals surface area contributed by atoms with Crippen LogP contribution in [0.2, 0.25) is 0 Å². The highest BCUT2D eigenvalue weighted by molar-refractivity contribution is 5.78. The highest BCUT2D eigenvalue weighted by Gasteiger charge is 2.39. The van der Waals surface area contributed by atoms with Gasteiger partial charge in [-0.05, 0) is 73.9 Å². The van der Waals surface area contributed by atoms with Crippen molar-refractivity contribution in [2.75, 3.05) is 32.8 Å². The molecule has 1 aromatic carbocycles. The van der Waals surface area contributed by atoms with Gasteiger partial charge >= 0.3 is 0 Å². The first kappa shape index (κ1) is 22.8. The molecule has 0 radical (unpaired) electrons. The van der Waals surface area contributed by atoms with Gasteiger partial charge in [-0.25, -0.2) is 0 Å². The van der Waals surface area contributed by atoms with Crippen molar-refractivity contribution < 1.29 is 9.53 Å². The van der Waals surface area contributed by atoms with Crippen LogP contribution in [0.5, 0.6) is 5.75 Å². The van der Waals surface area contributed by atoms with Gasteiger partial charge in [-0.2, -0.15) is 0 Å². The van der Waals surface area contributed by atoms with Crippen molar-refractivity contribution in [3.8, 4) is 5.75 Å². The Morgan fingerprint density at radius 3 is 2.56 bits per heavy atom. The van der Waals surface area contributed by atoms with Crippen LogP contribution in [0.4, 0.5) is 0 Å². The molecule has 0 unspecified atom stereocenters. The molecule has 172 valence electrons. The molecule has 0 saturated carbocycles. The monoisotopic (exact) mass is 435 g/mol. The number of rotatable bonds is 7. The van der Waals surface area contributed by atoms with Crippen molar-refractivity contribution in [2.24, 2.45) is 11.3 Å². The van der Waals surface area contributed by atoms with Crippen molar-refractivity contribution in [2.45, 2.75) is 52.5 Å². The first-order valence-corrected chi connectivity index (χ1v) is 12.1. The van der Waals surface area contributed by atoms with Gasteiger partial charge in [0.2, 0.25) is 5.91 Å². The second-order valence-electron chi connectivity index (χ2n) is 10.0. The van der Waals surface area contributed by atoms with E-state index in [-0.39, 0.29) is 11.3 Å². The smallest absolute Gasteiger partial charge is 0.227 e. The molecule has 5 nitrogen and oxygen atoms in total. The zero-order chi connectivity index (χ0) is 22.4. The molecule has 3 heterocycles. The van der Waals surface area contributed by atoms with E-state index in [4.69, 9.17) is 4.74 Å². The summed E-state index contributed by atoms with van der Waals surface area (Å²) < 4.78 is 6.06.